The molecule has 4 unspecified atom stereocenters. The highest BCUT2D eigenvalue weighted by Gasteiger charge is 2.54. The summed E-state index contributed by atoms with van der Waals surface area (Å²) in [6, 6.07) is 17.2. The second kappa shape index (κ2) is 5.80. The maximum Gasteiger partial charge on any atom is 0.189 e. The maximum absolute atomic E-state index is 6.18. The third-order valence-electron chi connectivity index (χ3n) is 5.95. The van der Waals surface area contributed by atoms with Crippen molar-refractivity contribution in [2.75, 3.05) is 13.2 Å². The SMILES string of the molecule is NC(=NCC1C2Cc3ccccc3C12)NC1CCOc2ccccc21. The molecule has 1 aliphatic heterocycles. The summed E-state index contributed by atoms with van der Waals surface area (Å²) in [6.07, 6.45) is 2.12. The quantitative estimate of drug-likeness (QED) is 0.670. The van der Waals surface area contributed by atoms with Crippen molar-refractivity contribution < 1.29 is 4.74 Å². The van der Waals surface area contributed by atoms with Gasteiger partial charge in [0, 0.05) is 18.5 Å². The molecule has 5 rings (SSSR count). The highest BCUT2D eigenvalue weighted by molar-refractivity contribution is 5.78. The van der Waals surface area contributed by atoms with Gasteiger partial charge in [0.2, 0.25) is 0 Å². The molecule has 0 radical (unpaired) electrons. The van der Waals surface area contributed by atoms with E-state index in [-0.39, 0.29) is 6.04 Å². The number of ether oxygens (including phenoxy) is 1. The third kappa shape index (κ3) is 2.56. The minimum Gasteiger partial charge on any atom is -0.493 e. The van der Waals surface area contributed by atoms with Crippen LogP contribution in [0.25, 0.3) is 0 Å². The fourth-order valence-electron chi connectivity index (χ4n) is 4.65. The van der Waals surface area contributed by atoms with Crippen LogP contribution in [0.4, 0.5) is 0 Å². The zero-order valence-corrected chi connectivity index (χ0v) is 14.2. The Labute approximate surface area is 148 Å². The van der Waals surface area contributed by atoms with Crippen LogP contribution in [0.3, 0.4) is 0 Å². The Kier molecular flexibility index (Phi) is 3.44. The molecule has 1 heterocycles. The first-order valence-electron chi connectivity index (χ1n) is 9.17. The number of fused-ring (bicyclic) bond motifs is 4. The van der Waals surface area contributed by atoms with Crippen LogP contribution in [0.2, 0.25) is 0 Å². The number of hydrogen-bond acceptors (Lipinski definition) is 2. The molecule has 1 saturated carbocycles. The predicted octanol–water partition coefficient (Wildman–Crippen LogP) is 3.00. The Hall–Kier alpha value is -2.49. The van der Waals surface area contributed by atoms with E-state index in [0.717, 1.165) is 24.6 Å². The summed E-state index contributed by atoms with van der Waals surface area (Å²) in [5.74, 6) is 3.65. The van der Waals surface area contributed by atoms with Gasteiger partial charge in [-0.2, -0.15) is 0 Å². The van der Waals surface area contributed by atoms with Crippen molar-refractivity contribution in [3.8, 4) is 5.75 Å². The van der Waals surface area contributed by atoms with Crippen LogP contribution < -0.4 is 15.8 Å². The van der Waals surface area contributed by atoms with Crippen LogP contribution in [-0.2, 0) is 6.42 Å². The molecule has 4 atom stereocenters. The number of rotatable bonds is 3. The van der Waals surface area contributed by atoms with Crippen molar-refractivity contribution in [1.82, 2.24) is 5.32 Å². The zero-order chi connectivity index (χ0) is 16.8. The van der Waals surface area contributed by atoms with Crippen molar-refractivity contribution >= 4 is 5.96 Å². The molecule has 128 valence electrons. The number of benzene rings is 2. The molecule has 3 aliphatic rings. The molecule has 1 fully saturated rings. The molecule has 3 N–H and O–H groups in total. The largest absolute Gasteiger partial charge is 0.493 e. The van der Waals surface area contributed by atoms with Crippen molar-refractivity contribution in [3.05, 3.63) is 65.2 Å². The summed E-state index contributed by atoms with van der Waals surface area (Å²) in [5, 5.41) is 3.39. The van der Waals surface area contributed by atoms with Gasteiger partial charge in [0.25, 0.3) is 0 Å². The standard InChI is InChI=1S/C21H23N3O/c22-21(24-18-9-10-25-19-8-4-3-7-15(18)19)23-12-17-16-11-13-5-1-2-6-14(13)20(16)17/h1-8,16-18,20H,9-12H2,(H3,22,23,24). The van der Waals surface area contributed by atoms with Crippen molar-refractivity contribution in [2.24, 2.45) is 22.6 Å². The minimum absolute atomic E-state index is 0.188. The number of hydrogen-bond donors (Lipinski definition) is 2. The molecule has 4 nitrogen and oxygen atoms in total. The molecule has 4 heteroatoms. The molecule has 0 spiro atoms. The Morgan fingerprint density at radius 2 is 1.92 bits per heavy atom. The number of nitrogens with one attached hydrogen (secondary N) is 1. The molecule has 0 bridgehead atoms. The van der Waals surface area contributed by atoms with Gasteiger partial charge < -0.3 is 15.8 Å². The van der Waals surface area contributed by atoms with E-state index in [1.165, 1.54) is 23.1 Å². The van der Waals surface area contributed by atoms with Crippen LogP contribution in [0, 0.1) is 11.8 Å². The number of guanidine groups is 1. The van der Waals surface area contributed by atoms with Gasteiger partial charge in [0.05, 0.1) is 12.6 Å². The molecule has 0 aromatic heterocycles. The zero-order valence-electron chi connectivity index (χ0n) is 14.2. The second-order valence-corrected chi connectivity index (χ2v) is 7.35. The van der Waals surface area contributed by atoms with Gasteiger partial charge in [-0.15, -0.1) is 0 Å². The highest BCUT2D eigenvalue weighted by atomic mass is 16.5. The molecule has 2 aromatic rings. The molecule has 2 aliphatic carbocycles. The van der Waals surface area contributed by atoms with Gasteiger partial charge in [-0.05, 0) is 41.4 Å². The maximum atomic E-state index is 6.18. The Morgan fingerprint density at radius 1 is 1.12 bits per heavy atom. The van der Waals surface area contributed by atoms with Crippen LogP contribution in [-0.4, -0.2) is 19.1 Å². The first-order chi connectivity index (χ1) is 12.3. The lowest BCUT2D eigenvalue weighted by atomic mass is 10.0. The molecular weight excluding hydrogens is 310 g/mol. The van der Waals surface area contributed by atoms with Gasteiger partial charge in [-0.1, -0.05) is 42.5 Å². The van der Waals surface area contributed by atoms with E-state index in [1.807, 2.05) is 18.2 Å². The van der Waals surface area contributed by atoms with Gasteiger partial charge in [-0.3, -0.25) is 4.99 Å². The number of aliphatic imine (C=N–C) groups is 1. The first kappa shape index (κ1) is 14.8. The topological polar surface area (TPSA) is 59.6 Å². The fraction of sp³-hybridized carbons (Fsp3) is 0.381. The lowest BCUT2D eigenvalue weighted by Crippen LogP contribution is -2.37. The van der Waals surface area contributed by atoms with E-state index < -0.39 is 0 Å². The molecular formula is C21H23N3O. The van der Waals surface area contributed by atoms with Crippen LogP contribution in [0.1, 0.15) is 35.1 Å². The summed E-state index contributed by atoms with van der Waals surface area (Å²) in [5.41, 5.74) is 10.4. The first-order valence-corrected chi connectivity index (χ1v) is 9.17. The second-order valence-electron chi connectivity index (χ2n) is 7.35. The highest BCUT2D eigenvalue weighted by Crippen LogP contribution is 2.61. The minimum atomic E-state index is 0.188. The summed E-state index contributed by atoms with van der Waals surface area (Å²) < 4.78 is 5.71. The van der Waals surface area contributed by atoms with Crippen LogP contribution in [0.15, 0.2) is 53.5 Å². The van der Waals surface area contributed by atoms with Gasteiger partial charge in [0.15, 0.2) is 5.96 Å². The third-order valence-corrected chi connectivity index (χ3v) is 5.95. The van der Waals surface area contributed by atoms with E-state index in [1.54, 1.807) is 0 Å². The molecule has 2 aromatic carbocycles. The van der Waals surface area contributed by atoms with E-state index in [2.05, 4.69) is 40.6 Å². The van der Waals surface area contributed by atoms with E-state index in [0.29, 0.717) is 24.4 Å². The van der Waals surface area contributed by atoms with Gasteiger partial charge in [0.1, 0.15) is 5.75 Å². The Morgan fingerprint density at radius 3 is 2.84 bits per heavy atom. The van der Waals surface area contributed by atoms with Gasteiger partial charge >= 0.3 is 0 Å². The van der Waals surface area contributed by atoms with E-state index >= 15 is 0 Å². The lowest BCUT2D eigenvalue weighted by Gasteiger charge is -2.27. The summed E-state index contributed by atoms with van der Waals surface area (Å²) in [6.45, 7) is 1.54. The molecule has 25 heavy (non-hydrogen) atoms. The van der Waals surface area contributed by atoms with Crippen molar-refractivity contribution in [3.63, 3.8) is 0 Å². The average molecular weight is 333 g/mol. The lowest BCUT2D eigenvalue weighted by molar-refractivity contribution is 0.262. The van der Waals surface area contributed by atoms with Gasteiger partial charge in [-0.25, -0.2) is 0 Å². The Balaban J connectivity index is 1.23. The Bertz CT molecular complexity index is 831. The van der Waals surface area contributed by atoms with Crippen molar-refractivity contribution in [2.45, 2.75) is 24.8 Å². The summed E-state index contributed by atoms with van der Waals surface area (Å²) in [4.78, 5) is 4.65. The fourth-order valence-corrected chi connectivity index (χ4v) is 4.65. The van der Waals surface area contributed by atoms with E-state index in [4.69, 9.17) is 10.5 Å². The normalized spacial score (nSPS) is 29.2. The molecule has 0 amide bonds. The molecule has 0 saturated heterocycles. The van der Waals surface area contributed by atoms with E-state index in [9.17, 15) is 0 Å². The monoisotopic (exact) mass is 333 g/mol. The summed E-state index contributed by atoms with van der Waals surface area (Å²) in [7, 11) is 0. The average Bonchev–Trinajstić information content (AvgIpc) is 3.18. The number of nitrogens with two attached hydrogens (primary N) is 1. The van der Waals surface area contributed by atoms with Crippen molar-refractivity contribution in [1.29, 1.82) is 0 Å². The predicted molar refractivity (Wildman–Crippen MR) is 98.8 cm³/mol. The number of nitrogens with zero attached hydrogens (tertiary/aromatic N) is 1. The van der Waals surface area contributed by atoms with Crippen LogP contribution in [0.5, 0.6) is 5.75 Å². The summed E-state index contributed by atoms with van der Waals surface area (Å²) >= 11 is 0. The number of para-hydroxylation sites is 1. The van der Waals surface area contributed by atoms with Crippen LogP contribution >= 0.6 is 0 Å². The smallest absolute Gasteiger partial charge is 0.189 e.